The number of pyridine rings is 1. The van der Waals surface area contributed by atoms with Crippen LogP contribution in [0.25, 0.3) is 0 Å². The van der Waals surface area contributed by atoms with Crippen LogP contribution >= 0.6 is 0 Å². The van der Waals surface area contributed by atoms with Crippen molar-refractivity contribution in [1.82, 2.24) is 0 Å². The number of nitrogens with zero attached hydrogens (tertiary/aromatic N) is 2. The summed E-state index contributed by atoms with van der Waals surface area (Å²) in [5.41, 5.74) is 15.1. The maximum absolute atomic E-state index is 12.4. The minimum absolute atomic E-state index is 0.0656. The molecule has 1 aromatic heterocycles. The molecule has 1 amide bonds. The van der Waals surface area contributed by atoms with Gasteiger partial charge in [-0.25, -0.2) is 0 Å². The molecule has 1 heterocycles. The van der Waals surface area contributed by atoms with E-state index in [1.165, 1.54) is 29.8 Å². The Hall–Kier alpha value is -2.94. The molecule has 2 aromatic rings. The number of nitrogens with one attached hydrogen (secondary N) is 1. The molecule has 0 aliphatic carbocycles. The SMILES string of the molecule is Cc1cc(C)[n+](CC(=O)Nc2ccc(S(=O)(=O)N=C(N)N)cc2)c(C)c1C. The first-order valence-electron chi connectivity index (χ1n) is 8.24. The number of aryl methyl sites for hydroxylation is 2. The van der Waals surface area contributed by atoms with Gasteiger partial charge in [0.1, 0.15) is 0 Å². The molecule has 0 fully saturated rings. The number of carbonyl (C=O) groups is 1. The molecular weight excluding hydrogens is 366 g/mol. The summed E-state index contributed by atoms with van der Waals surface area (Å²) in [4.78, 5) is 12.3. The maximum Gasteiger partial charge on any atom is 0.290 e. The first-order valence-corrected chi connectivity index (χ1v) is 9.68. The van der Waals surface area contributed by atoms with Gasteiger partial charge in [-0.3, -0.25) is 4.79 Å². The third-order valence-corrected chi connectivity index (χ3v) is 5.67. The summed E-state index contributed by atoms with van der Waals surface area (Å²) >= 11 is 0. The molecule has 5 N–H and O–H groups in total. The maximum atomic E-state index is 12.4. The van der Waals surface area contributed by atoms with Crippen molar-refractivity contribution in [1.29, 1.82) is 0 Å². The Morgan fingerprint density at radius 1 is 1.11 bits per heavy atom. The van der Waals surface area contributed by atoms with Crippen LogP contribution in [-0.2, 0) is 21.4 Å². The Morgan fingerprint density at radius 3 is 2.26 bits per heavy atom. The Kier molecular flexibility index (Phi) is 5.85. The zero-order chi connectivity index (χ0) is 20.4. The predicted molar refractivity (Wildman–Crippen MR) is 104 cm³/mol. The topological polar surface area (TPSA) is 132 Å². The Bertz CT molecular complexity index is 1010. The summed E-state index contributed by atoms with van der Waals surface area (Å²) in [6, 6.07) is 7.67. The van der Waals surface area contributed by atoms with Crippen molar-refractivity contribution in [2.45, 2.75) is 39.1 Å². The van der Waals surface area contributed by atoms with Crippen LogP contribution < -0.4 is 21.4 Å². The predicted octanol–water partition coefficient (Wildman–Crippen LogP) is 0.809. The number of hydrogen-bond acceptors (Lipinski definition) is 3. The summed E-state index contributed by atoms with van der Waals surface area (Å²) in [5, 5.41) is 2.76. The van der Waals surface area contributed by atoms with Crippen molar-refractivity contribution in [3.63, 3.8) is 0 Å². The molecule has 0 atom stereocenters. The second kappa shape index (κ2) is 7.75. The van der Waals surface area contributed by atoms with Crippen LogP contribution in [-0.4, -0.2) is 20.3 Å². The smallest absolute Gasteiger partial charge is 0.290 e. The number of amides is 1. The third-order valence-electron chi connectivity index (χ3n) is 4.35. The number of sulfonamides is 1. The molecular formula is C18H24N5O3S+. The van der Waals surface area contributed by atoms with Crippen LogP contribution in [0.1, 0.15) is 22.5 Å². The molecule has 1 aromatic carbocycles. The fourth-order valence-corrected chi connectivity index (χ4v) is 3.60. The highest BCUT2D eigenvalue weighted by molar-refractivity contribution is 7.90. The fraction of sp³-hybridized carbons (Fsp3) is 0.278. The first kappa shape index (κ1) is 20.4. The van der Waals surface area contributed by atoms with Gasteiger partial charge in [-0.1, -0.05) is 0 Å². The van der Waals surface area contributed by atoms with Crippen LogP contribution in [0.5, 0.6) is 0 Å². The number of aromatic nitrogens is 1. The monoisotopic (exact) mass is 390 g/mol. The van der Waals surface area contributed by atoms with Gasteiger partial charge in [0.25, 0.3) is 15.9 Å². The number of rotatable bonds is 5. The standard InChI is InChI=1S/C18H23N5O3S/c1-11-9-12(2)23(14(4)13(11)3)10-17(24)21-15-5-7-16(8-6-15)27(25,26)22-18(19)20/h5-9H,10H2,1-4H3,(H4-,19,20,21,22,24)/p+1. The molecule has 144 valence electrons. The molecule has 0 radical (unpaired) electrons. The lowest BCUT2D eigenvalue weighted by atomic mass is 10.1. The largest absolute Gasteiger partial charge is 0.369 e. The first-order chi connectivity index (χ1) is 12.5. The van der Waals surface area contributed by atoms with Crippen LogP contribution in [0.4, 0.5) is 5.69 Å². The number of benzene rings is 1. The van der Waals surface area contributed by atoms with E-state index in [1.54, 1.807) is 0 Å². The molecule has 0 saturated heterocycles. The summed E-state index contributed by atoms with van der Waals surface area (Å²) in [7, 11) is -3.95. The van der Waals surface area contributed by atoms with E-state index in [1.807, 2.05) is 38.3 Å². The quantitative estimate of drug-likeness (QED) is 0.395. The summed E-state index contributed by atoms with van der Waals surface area (Å²) < 4.78 is 29.0. The third kappa shape index (κ3) is 4.82. The molecule has 27 heavy (non-hydrogen) atoms. The molecule has 0 aliphatic rings. The van der Waals surface area contributed by atoms with Crippen molar-refractivity contribution >= 4 is 27.6 Å². The number of anilines is 1. The number of nitrogens with two attached hydrogens (primary N) is 2. The normalized spacial score (nSPS) is 11.1. The molecule has 0 aliphatic heterocycles. The summed E-state index contributed by atoms with van der Waals surface area (Å²) in [5.74, 6) is -0.752. The Balaban J connectivity index is 2.16. The van der Waals surface area contributed by atoms with E-state index in [0.717, 1.165) is 17.0 Å². The van der Waals surface area contributed by atoms with E-state index < -0.39 is 16.0 Å². The van der Waals surface area contributed by atoms with Gasteiger partial charge >= 0.3 is 0 Å². The fourth-order valence-electron chi connectivity index (χ4n) is 2.74. The van der Waals surface area contributed by atoms with Gasteiger partial charge in [0.05, 0.1) is 4.90 Å². The lowest BCUT2D eigenvalue weighted by Gasteiger charge is -2.10. The van der Waals surface area contributed by atoms with Gasteiger partial charge in [0.15, 0.2) is 11.4 Å². The second-order valence-electron chi connectivity index (χ2n) is 6.33. The molecule has 0 saturated carbocycles. The zero-order valence-corrected chi connectivity index (χ0v) is 16.6. The lowest BCUT2D eigenvalue weighted by Crippen LogP contribution is -2.46. The van der Waals surface area contributed by atoms with E-state index in [4.69, 9.17) is 11.5 Å². The number of hydrogen-bond donors (Lipinski definition) is 3. The van der Waals surface area contributed by atoms with Crippen molar-refractivity contribution in [3.8, 4) is 0 Å². The summed E-state index contributed by atoms with van der Waals surface area (Å²) in [6.45, 7) is 8.15. The van der Waals surface area contributed by atoms with Crippen molar-refractivity contribution in [2.24, 2.45) is 15.9 Å². The minimum atomic E-state index is -3.95. The van der Waals surface area contributed by atoms with E-state index in [9.17, 15) is 13.2 Å². The highest BCUT2D eigenvalue weighted by Gasteiger charge is 2.19. The average molecular weight is 390 g/mol. The Labute approximate surface area is 159 Å². The highest BCUT2D eigenvalue weighted by atomic mass is 32.2. The highest BCUT2D eigenvalue weighted by Crippen LogP contribution is 2.16. The molecule has 8 nitrogen and oxygen atoms in total. The van der Waals surface area contributed by atoms with Gasteiger partial charge < -0.3 is 16.8 Å². The zero-order valence-electron chi connectivity index (χ0n) is 15.8. The van der Waals surface area contributed by atoms with Gasteiger partial charge in [-0.2, -0.15) is 13.0 Å². The molecule has 0 spiro atoms. The molecule has 2 rings (SSSR count). The van der Waals surface area contributed by atoms with Gasteiger partial charge in [-0.05, 0) is 43.7 Å². The number of carbonyl (C=O) groups excluding carboxylic acids is 1. The molecule has 0 bridgehead atoms. The van der Waals surface area contributed by atoms with Crippen molar-refractivity contribution < 1.29 is 17.8 Å². The van der Waals surface area contributed by atoms with E-state index in [2.05, 4.69) is 9.71 Å². The molecule has 0 unspecified atom stereocenters. The van der Waals surface area contributed by atoms with Gasteiger partial charge in [0.2, 0.25) is 12.5 Å². The van der Waals surface area contributed by atoms with Crippen molar-refractivity contribution in [3.05, 3.63) is 52.8 Å². The van der Waals surface area contributed by atoms with E-state index >= 15 is 0 Å². The number of guanidine groups is 1. The van der Waals surface area contributed by atoms with Gasteiger partial charge in [0, 0.05) is 31.2 Å². The van der Waals surface area contributed by atoms with E-state index in [0.29, 0.717) is 5.69 Å². The lowest BCUT2D eigenvalue weighted by molar-refractivity contribution is -0.696. The van der Waals surface area contributed by atoms with Crippen LogP contribution in [0.3, 0.4) is 0 Å². The van der Waals surface area contributed by atoms with Gasteiger partial charge in [-0.15, -0.1) is 4.40 Å². The summed E-state index contributed by atoms with van der Waals surface area (Å²) in [6.07, 6.45) is 0. The second-order valence-corrected chi connectivity index (χ2v) is 7.93. The van der Waals surface area contributed by atoms with Crippen LogP contribution in [0.15, 0.2) is 39.6 Å². The molecule has 9 heteroatoms. The average Bonchev–Trinajstić information content (AvgIpc) is 2.56. The van der Waals surface area contributed by atoms with Crippen LogP contribution in [0, 0.1) is 27.7 Å². The van der Waals surface area contributed by atoms with Crippen molar-refractivity contribution in [2.75, 3.05) is 5.32 Å². The van der Waals surface area contributed by atoms with Crippen LogP contribution in [0.2, 0.25) is 0 Å². The minimum Gasteiger partial charge on any atom is -0.369 e. The Morgan fingerprint density at radius 2 is 1.70 bits per heavy atom. The van der Waals surface area contributed by atoms with E-state index in [-0.39, 0.29) is 17.3 Å².